The van der Waals surface area contributed by atoms with Crippen molar-refractivity contribution < 1.29 is 9.53 Å². The van der Waals surface area contributed by atoms with E-state index in [-0.39, 0.29) is 5.91 Å². The monoisotopic (exact) mass is 282 g/mol. The number of nitrogens with one attached hydrogen (secondary N) is 2. The summed E-state index contributed by atoms with van der Waals surface area (Å²) in [6, 6.07) is 2.02. The van der Waals surface area contributed by atoms with Gasteiger partial charge in [0.25, 0.3) is 5.91 Å². The minimum atomic E-state index is 0.0285. The predicted molar refractivity (Wildman–Crippen MR) is 77.9 cm³/mol. The van der Waals surface area contributed by atoms with Crippen molar-refractivity contribution in [2.24, 2.45) is 0 Å². The van der Waals surface area contributed by atoms with Crippen LogP contribution in [0.3, 0.4) is 0 Å². The molecule has 0 aromatic carbocycles. The molecule has 0 bridgehead atoms. The standard InChI is InChI=1S/C14H22N2O2S/c1-2-11-5-10-19-13(11)14(17)16-8-9-18-12-3-6-15-7-4-12/h5,10,12,15H,2-4,6-9H2,1H3,(H,16,17). The maximum atomic E-state index is 12.0. The highest BCUT2D eigenvalue weighted by Crippen LogP contribution is 2.16. The van der Waals surface area contributed by atoms with E-state index in [1.54, 1.807) is 0 Å². The van der Waals surface area contributed by atoms with E-state index in [4.69, 9.17) is 4.74 Å². The number of thiophene rings is 1. The summed E-state index contributed by atoms with van der Waals surface area (Å²) in [7, 11) is 0. The van der Waals surface area contributed by atoms with Crippen molar-refractivity contribution in [3.8, 4) is 0 Å². The summed E-state index contributed by atoms with van der Waals surface area (Å²) in [5.74, 6) is 0.0285. The average molecular weight is 282 g/mol. The van der Waals surface area contributed by atoms with E-state index in [1.807, 2.05) is 11.4 Å². The first-order chi connectivity index (χ1) is 9.31. The van der Waals surface area contributed by atoms with Gasteiger partial charge in [0.05, 0.1) is 17.6 Å². The molecule has 1 aromatic rings. The maximum absolute atomic E-state index is 12.0. The Labute approximate surface area is 118 Å². The van der Waals surface area contributed by atoms with Gasteiger partial charge < -0.3 is 15.4 Å². The molecule has 0 atom stereocenters. The number of hydrogen-bond acceptors (Lipinski definition) is 4. The molecular weight excluding hydrogens is 260 g/mol. The highest BCUT2D eigenvalue weighted by molar-refractivity contribution is 7.12. The van der Waals surface area contributed by atoms with Crippen LogP contribution in [0.25, 0.3) is 0 Å². The number of hydrogen-bond donors (Lipinski definition) is 2. The van der Waals surface area contributed by atoms with Crippen LogP contribution in [0.5, 0.6) is 0 Å². The minimum absolute atomic E-state index is 0.0285. The molecule has 1 aromatic heterocycles. The van der Waals surface area contributed by atoms with E-state index < -0.39 is 0 Å². The summed E-state index contributed by atoms with van der Waals surface area (Å²) in [5.41, 5.74) is 1.13. The lowest BCUT2D eigenvalue weighted by molar-refractivity contribution is 0.0343. The van der Waals surface area contributed by atoms with Gasteiger partial charge in [-0.25, -0.2) is 0 Å². The van der Waals surface area contributed by atoms with Crippen LogP contribution in [0.4, 0.5) is 0 Å². The van der Waals surface area contributed by atoms with Crippen LogP contribution in [0.2, 0.25) is 0 Å². The Kier molecular flexibility index (Phi) is 5.82. The van der Waals surface area contributed by atoms with Crippen molar-refractivity contribution in [1.82, 2.24) is 10.6 Å². The molecule has 1 aliphatic heterocycles. The fraction of sp³-hybridized carbons (Fsp3) is 0.643. The summed E-state index contributed by atoms with van der Waals surface area (Å²) < 4.78 is 5.76. The van der Waals surface area contributed by atoms with Crippen molar-refractivity contribution >= 4 is 17.2 Å². The van der Waals surface area contributed by atoms with Crippen LogP contribution < -0.4 is 10.6 Å². The van der Waals surface area contributed by atoms with Crippen LogP contribution >= 0.6 is 11.3 Å². The highest BCUT2D eigenvalue weighted by atomic mass is 32.1. The lowest BCUT2D eigenvalue weighted by Gasteiger charge is -2.22. The summed E-state index contributed by atoms with van der Waals surface area (Å²) in [5, 5.41) is 8.21. The zero-order valence-electron chi connectivity index (χ0n) is 11.4. The molecular formula is C14H22N2O2S. The Bertz CT molecular complexity index is 400. The molecule has 1 fully saturated rings. The van der Waals surface area contributed by atoms with E-state index in [2.05, 4.69) is 17.6 Å². The van der Waals surface area contributed by atoms with E-state index in [0.717, 1.165) is 42.8 Å². The zero-order chi connectivity index (χ0) is 13.5. The van der Waals surface area contributed by atoms with E-state index in [0.29, 0.717) is 19.3 Å². The van der Waals surface area contributed by atoms with E-state index >= 15 is 0 Å². The Morgan fingerprint density at radius 2 is 2.32 bits per heavy atom. The second kappa shape index (κ2) is 7.62. The summed E-state index contributed by atoms with van der Waals surface area (Å²) in [6.45, 7) is 5.32. The normalized spacial score (nSPS) is 16.5. The average Bonchev–Trinajstić information content (AvgIpc) is 2.93. The van der Waals surface area contributed by atoms with Gasteiger partial charge in [-0.3, -0.25) is 4.79 Å². The molecule has 5 heteroatoms. The molecule has 0 unspecified atom stereocenters. The molecule has 2 heterocycles. The number of piperidine rings is 1. The van der Waals surface area contributed by atoms with Crippen LogP contribution in [0.15, 0.2) is 11.4 Å². The number of ether oxygens (including phenoxy) is 1. The van der Waals surface area contributed by atoms with Crippen molar-refractivity contribution in [3.63, 3.8) is 0 Å². The number of carbonyl (C=O) groups is 1. The largest absolute Gasteiger partial charge is 0.376 e. The molecule has 0 radical (unpaired) electrons. The third-order valence-electron chi connectivity index (χ3n) is 3.36. The maximum Gasteiger partial charge on any atom is 0.261 e. The molecule has 4 nitrogen and oxygen atoms in total. The Morgan fingerprint density at radius 3 is 3.05 bits per heavy atom. The second-order valence-corrected chi connectivity index (χ2v) is 5.62. The number of rotatable bonds is 6. The van der Waals surface area contributed by atoms with E-state index in [9.17, 15) is 4.79 Å². The van der Waals surface area contributed by atoms with Gasteiger partial charge in [0, 0.05) is 6.54 Å². The minimum Gasteiger partial charge on any atom is -0.376 e. The van der Waals surface area contributed by atoms with Crippen LogP contribution in [0, 0.1) is 0 Å². The van der Waals surface area contributed by atoms with E-state index in [1.165, 1.54) is 11.3 Å². The first kappa shape index (κ1) is 14.5. The summed E-state index contributed by atoms with van der Waals surface area (Å²) >= 11 is 1.51. The third-order valence-corrected chi connectivity index (χ3v) is 4.32. The Hall–Kier alpha value is -0.910. The van der Waals surface area contributed by atoms with Crippen LogP contribution in [0.1, 0.15) is 35.0 Å². The van der Waals surface area contributed by atoms with Gasteiger partial charge in [-0.05, 0) is 49.4 Å². The molecule has 0 saturated carbocycles. The number of carbonyl (C=O) groups excluding carboxylic acids is 1. The van der Waals surface area contributed by atoms with Gasteiger partial charge in [-0.15, -0.1) is 11.3 Å². The molecule has 1 aliphatic rings. The third kappa shape index (κ3) is 4.30. The summed E-state index contributed by atoms with van der Waals surface area (Å²) in [4.78, 5) is 12.8. The highest BCUT2D eigenvalue weighted by Gasteiger charge is 2.14. The molecule has 106 valence electrons. The molecule has 0 aliphatic carbocycles. The zero-order valence-corrected chi connectivity index (χ0v) is 12.2. The molecule has 2 rings (SSSR count). The second-order valence-electron chi connectivity index (χ2n) is 4.70. The topological polar surface area (TPSA) is 50.4 Å². The van der Waals surface area contributed by atoms with Crippen molar-refractivity contribution in [2.75, 3.05) is 26.2 Å². The lowest BCUT2D eigenvalue weighted by Crippen LogP contribution is -2.34. The first-order valence-electron chi connectivity index (χ1n) is 6.98. The Balaban J connectivity index is 1.66. The lowest BCUT2D eigenvalue weighted by atomic mass is 10.1. The first-order valence-corrected chi connectivity index (χ1v) is 7.86. The quantitative estimate of drug-likeness (QED) is 0.782. The SMILES string of the molecule is CCc1ccsc1C(=O)NCCOC1CCNCC1. The molecule has 1 amide bonds. The van der Waals surface area contributed by atoms with Gasteiger partial charge in [0.1, 0.15) is 0 Å². The van der Waals surface area contributed by atoms with Crippen molar-refractivity contribution in [1.29, 1.82) is 0 Å². The fourth-order valence-corrected chi connectivity index (χ4v) is 3.16. The number of aryl methyl sites for hydroxylation is 1. The Morgan fingerprint density at radius 1 is 1.53 bits per heavy atom. The fourth-order valence-electron chi connectivity index (χ4n) is 2.25. The summed E-state index contributed by atoms with van der Waals surface area (Å²) in [6.07, 6.45) is 3.39. The van der Waals surface area contributed by atoms with Gasteiger partial charge >= 0.3 is 0 Å². The molecule has 0 spiro atoms. The molecule has 1 saturated heterocycles. The predicted octanol–water partition coefficient (Wildman–Crippen LogP) is 1.81. The van der Waals surface area contributed by atoms with Crippen LogP contribution in [-0.4, -0.2) is 38.3 Å². The van der Waals surface area contributed by atoms with Crippen molar-refractivity contribution in [2.45, 2.75) is 32.3 Å². The van der Waals surface area contributed by atoms with Gasteiger partial charge in [0.2, 0.25) is 0 Å². The van der Waals surface area contributed by atoms with Gasteiger partial charge in [-0.2, -0.15) is 0 Å². The molecule has 2 N–H and O–H groups in total. The van der Waals surface area contributed by atoms with Crippen LogP contribution in [-0.2, 0) is 11.2 Å². The van der Waals surface area contributed by atoms with Gasteiger partial charge in [0.15, 0.2) is 0 Å². The van der Waals surface area contributed by atoms with Crippen molar-refractivity contribution in [3.05, 3.63) is 21.9 Å². The molecule has 19 heavy (non-hydrogen) atoms. The number of amides is 1. The van der Waals surface area contributed by atoms with Gasteiger partial charge in [-0.1, -0.05) is 6.92 Å². The smallest absolute Gasteiger partial charge is 0.261 e.